The van der Waals surface area contributed by atoms with Gasteiger partial charge in [0.15, 0.2) is 5.52 Å². The van der Waals surface area contributed by atoms with Gasteiger partial charge in [-0.2, -0.15) is 0 Å². The van der Waals surface area contributed by atoms with Gasteiger partial charge in [-0.3, -0.25) is 19.8 Å². The summed E-state index contributed by atoms with van der Waals surface area (Å²) in [7, 11) is 0. The van der Waals surface area contributed by atoms with E-state index in [0.29, 0.717) is 5.69 Å². The first-order valence-corrected chi connectivity index (χ1v) is 6.45. The number of fused-ring (bicyclic) bond motifs is 1. The molecule has 0 radical (unpaired) electrons. The van der Waals surface area contributed by atoms with Gasteiger partial charge >= 0.3 is 5.69 Å². The molecule has 1 aromatic heterocycles. The number of carbonyl (C=O) groups is 1. The van der Waals surface area contributed by atoms with Crippen molar-refractivity contribution in [2.24, 2.45) is 0 Å². The van der Waals surface area contributed by atoms with Crippen LogP contribution in [0.2, 0.25) is 0 Å². The highest BCUT2D eigenvalue weighted by Crippen LogP contribution is 2.35. The first-order valence-electron chi connectivity index (χ1n) is 6.45. The van der Waals surface area contributed by atoms with E-state index in [2.05, 4.69) is 14.9 Å². The van der Waals surface area contributed by atoms with Gasteiger partial charge in [0, 0.05) is 18.7 Å². The second-order valence-corrected chi connectivity index (χ2v) is 4.65. The fourth-order valence-corrected chi connectivity index (χ4v) is 2.25. The molecule has 0 aliphatic carbocycles. The second-order valence-electron chi connectivity index (χ2n) is 4.65. The summed E-state index contributed by atoms with van der Waals surface area (Å²) in [6, 6.07) is 7.82. The molecule has 0 fully saturated rings. The molecule has 0 bridgehead atoms. The van der Waals surface area contributed by atoms with E-state index in [0.717, 1.165) is 0 Å². The van der Waals surface area contributed by atoms with Crippen molar-refractivity contribution in [2.75, 3.05) is 4.90 Å². The van der Waals surface area contributed by atoms with Crippen LogP contribution in [-0.4, -0.2) is 21.1 Å². The third-order valence-electron chi connectivity index (χ3n) is 3.21. The van der Waals surface area contributed by atoms with Crippen LogP contribution in [-0.2, 0) is 4.79 Å². The minimum atomic E-state index is -0.619. The molecule has 8 nitrogen and oxygen atoms in total. The minimum absolute atomic E-state index is 0.0683. The number of halogens is 1. The first kappa shape index (κ1) is 14.6. The minimum Gasteiger partial charge on any atom is -0.279 e. The van der Waals surface area contributed by atoms with Crippen LogP contribution in [0.5, 0.6) is 0 Å². The smallest absolute Gasteiger partial charge is 0.279 e. The molecule has 3 aromatic rings. The monoisotopic (exact) mass is 316 g/mol. The molecular formula is C14H9FN4O4. The lowest BCUT2D eigenvalue weighted by atomic mass is 10.2. The van der Waals surface area contributed by atoms with Crippen LogP contribution in [0.3, 0.4) is 0 Å². The van der Waals surface area contributed by atoms with E-state index >= 15 is 0 Å². The number of nitrogens with zero attached hydrogens (tertiary/aromatic N) is 4. The molecule has 116 valence electrons. The number of nitro groups is 1. The Hall–Kier alpha value is -3.36. The van der Waals surface area contributed by atoms with Crippen molar-refractivity contribution < 1.29 is 18.7 Å². The van der Waals surface area contributed by atoms with Crippen LogP contribution in [0, 0.1) is 15.9 Å². The number of rotatable bonds is 3. The van der Waals surface area contributed by atoms with Crippen LogP contribution >= 0.6 is 0 Å². The number of benzene rings is 2. The summed E-state index contributed by atoms with van der Waals surface area (Å²) in [5.41, 5.74) is 0.357. The summed E-state index contributed by atoms with van der Waals surface area (Å²) in [6.45, 7) is 1.31. The molecule has 0 atom stereocenters. The third-order valence-corrected chi connectivity index (χ3v) is 3.21. The van der Waals surface area contributed by atoms with Crippen molar-refractivity contribution in [1.82, 2.24) is 10.3 Å². The van der Waals surface area contributed by atoms with E-state index in [-0.39, 0.29) is 28.3 Å². The molecule has 0 spiro atoms. The SMILES string of the molecule is CC(=O)N(c1ccc(F)cc1)c1ccc([N+](=O)[O-])c2nonc12. The Morgan fingerprint density at radius 3 is 2.43 bits per heavy atom. The van der Waals surface area contributed by atoms with Crippen LogP contribution in [0.4, 0.5) is 21.5 Å². The number of aromatic nitrogens is 2. The van der Waals surface area contributed by atoms with Crippen molar-refractivity contribution >= 4 is 34.0 Å². The van der Waals surface area contributed by atoms with E-state index in [9.17, 15) is 19.3 Å². The van der Waals surface area contributed by atoms with E-state index in [1.165, 1.54) is 48.2 Å². The number of hydrogen-bond acceptors (Lipinski definition) is 6. The number of carbonyl (C=O) groups excluding carboxylic acids is 1. The largest absolute Gasteiger partial charge is 0.300 e. The van der Waals surface area contributed by atoms with Crippen LogP contribution in [0.25, 0.3) is 11.0 Å². The van der Waals surface area contributed by atoms with Crippen molar-refractivity contribution in [1.29, 1.82) is 0 Å². The molecular weight excluding hydrogens is 307 g/mol. The van der Waals surface area contributed by atoms with Gasteiger partial charge in [-0.1, -0.05) is 0 Å². The van der Waals surface area contributed by atoms with E-state index in [1.807, 2.05) is 0 Å². The summed E-state index contributed by atoms with van der Waals surface area (Å²) in [4.78, 5) is 23.7. The van der Waals surface area contributed by atoms with Gasteiger partial charge in [0.1, 0.15) is 5.82 Å². The number of anilines is 2. The van der Waals surface area contributed by atoms with Crippen molar-refractivity contribution in [3.8, 4) is 0 Å². The Bertz CT molecular complexity index is 907. The molecule has 9 heteroatoms. The van der Waals surface area contributed by atoms with Gasteiger partial charge in [-0.25, -0.2) is 9.02 Å². The van der Waals surface area contributed by atoms with Gasteiger partial charge in [0.05, 0.1) is 10.6 Å². The highest BCUT2D eigenvalue weighted by atomic mass is 19.1. The predicted octanol–water partition coefficient (Wildman–Crippen LogP) is 2.95. The van der Waals surface area contributed by atoms with Crippen LogP contribution < -0.4 is 4.90 Å². The number of non-ortho nitro benzene ring substituents is 1. The zero-order valence-corrected chi connectivity index (χ0v) is 11.8. The maximum Gasteiger partial charge on any atom is 0.300 e. The Labute approximate surface area is 128 Å². The maximum absolute atomic E-state index is 13.1. The van der Waals surface area contributed by atoms with Crippen molar-refractivity contribution in [2.45, 2.75) is 6.92 Å². The Kier molecular flexibility index (Phi) is 3.45. The van der Waals surface area contributed by atoms with Gasteiger partial charge in [-0.15, -0.1) is 0 Å². The second kappa shape index (κ2) is 5.44. The molecule has 3 rings (SSSR count). The molecule has 0 unspecified atom stereocenters. The molecule has 0 saturated heterocycles. The standard InChI is InChI=1S/C14H9FN4O4/c1-8(20)18(10-4-2-9(15)3-5-10)11-6-7-12(19(21)22)14-13(11)16-23-17-14/h2-7H,1H3. The number of nitro benzene ring substituents is 1. The van der Waals surface area contributed by atoms with E-state index in [1.54, 1.807) is 0 Å². The lowest BCUT2D eigenvalue weighted by molar-refractivity contribution is -0.383. The molecule has 1 amide bonds. The normalized spacial score (nSPS) is 10.7. The molecule has 23 heavy (non-hydrogen) atoms. The van der Waals surface area contributed by atoms with Crippen LogP contribution in [0.1, 0.15) is 6.92 Å². The maximum atomic E-state index is 13.1. The Morgan fingerprint density at radius 1 is 1.17 bits per heavy atom. The number of amides is 1. The topological polar surface area (TPSA) is 102 Å². The third kappa shape index (κ3) is 2.48. The highest BCUT2D eigenvalue weighted by Gasteiger charge is 2.25. The van der Waals surface area contributed by atoms with Gasteiger partial charge < -0.3 is 0 Å². The van der Waals surface area contributed by atoms with Crippen molar-refractivity contribution in [3.05, 3.63) is 52.3 Å². The number of hydrogen-bond donors (Lipinski definition) is 0. The average molecular weight is 316 g/mol. The first-order chi connectivity index (χ1) is 11.0. The molecule has 0 saturated carbocycles. The lowest BCUT2D eigenvalue weighted by Gasteiger charge is -2.21. The van der Waals surface area contributed by atoms with Gasteiger partial charge in [0.2, 0.25) is 11.4 Å². The lowest BCUT2D eigenvalue weighted by Crippen LogP contribution is -2.23. The molecule has 1 heterocycles. The predicted molar refractivity (Wildman–Crippen MR) is 77.7 cm³/mol. The Morgan fingerprint density at radius 2 is 1.83 bits per heavy atom. The van der Waals surface area contributed by atoms with Gasteiger partial charge in [-0.05, 0) is 40.6 Å². The van der Waals surface area contributed by atoms with Crippen molar-refractivity contribution in [3.63, 3.8) is 0 Å². The quantitative estimate of drug-likeness (QED) is 0.543. The zero-order valence-electron chi connectivity index (χ0n) is 11.8. The summed E-state index contributed by atoms with van der Waals surface area (Å²) >= 11 is 0. The fourth-order valence-electron chi connectivity index (χ4n) is 2.25. The van der Waals surface area contributed by atoms with E-state index in [4.69, 9.17) is 0 Å². The molecule has 0 aliphatic heterocycles. The molecule has 0 aliphatic rings. The fraction of sp³-hybridized carbons (Fsp3) is 0.0714. The summed E-state index contributed by atoms with van der Waals surface area (Å²) in [5, 5.41) is 18.2. The molecule has 2 aromatic carbocycles. The average Bonchev–Trinajstić information content (AvgIpc) is 2.98. The molecule has 0 N–H and O–H groups in total. The van der Waals surface area contributed by atoms with Crippen LogP contribution in [0.15, 0.2) is 41.0 Å². The highest BCUT2D eigenvalue weighted by molar-refractivity contribution is 6.07. The zero-order chi connectivity index (χ0) is 16.6. The van der Waals surface area contributed by atoms with E-state index < -0.39 is 10.7 Å². The Balaban J connectivity index is 2.22. The summed E-state index contributed by atoms with van der Waals surface area (Å²) in [6.07, 6.45) is 0. The summed E-state index contributed by atoms with van der Waals surface area (Å²) in [5.74, 6) is -0.830. The van der Waals surface area contributed by atoms with Gasteiger partial charge in [0.25, 0.3) is 0 Å². The summed E-state index contributed by atoms with van der Waals surface area (Å²) < 4.78 is 17.7.